The number of aromatic amines is 1. The Morgan fingerprint density at radius 1 is 1.58 bits per heavy atom. The maximum Gasteiger partial charge on any atom is 0.352 e. The molecule has 2 aromatic rings. The van der Waals surface area contributed by atoms with Crippen LogP contribution in [0.4, 0.5) is 0 Å². The van der Waals surface area contributed by atoms with Crippen LogP contribution in [0.5, 0.6) is 0 Å². The van der Waals surface area contributed by atoms with Gasteiger partial charge in [-0.15, -0.1) is 0 Å². The standard InChI is InChI=1S/C9H10N4O5S/c1-5-12-8(18-13-5)4-11-19(16,17)6-2-7(9(14)15)10-3-6/h2-3,10-11H,4H2,1H3,(H,14,15). The van der Waals surface area contributed by atoms with E-state index < -0.39 is 16.0 Å². The van der Waals surface area contributed by atoms with Crippen LogP contribution in [0.2, 0.25) is 0 Å². The lowest BCUT2D eigenvalue weighted by Gasteiger charge is -2.00. The summed E-state index contributed by atoms with van der Waals surface area (Å²) in [4.78, 5) is 16.6. The molecular weight excluding hydrogens is 276 g/mol. The van der Waals surface area contributed by atoms with Gasteiger partial charge in [0.25, 0.3) is 0 Å². The van der Waals surface area contributed by atoms with E-state index in [-0.39, 0.29) is 23.0 Å². The molecule has 0 aliphatic heterocycles. The van der Waals surface area contributed by atoms with Crippen LogP contribution in [0.3, 0.4) is 0 Å². The van der Waals surface area contributed by atoms with Crippen LogP contribution < -0.4 is 4.72 Å². The van der Waals surface area contributed by atoms with Gasteiger partial charge in [0.2, 0.25) is 15.9 Å². The second-order valence-electron chi connectivity index (χ2n) is 3.61. The molecule has 0 amide bonds. The first-order valence-corrected chi connectivity index (χ1v) is 6.57. The molecule has 0 saturated carbocycles. The largest absolute Gasteiger partial charge is 0.477 e. The average molecular weight is 286 g/mol. The Hall–Kier alpha value is -2.20. The maximum absolute atomic E-state index is 11.8. The van der Waals surface area contributed by atoms with Gasteiger partial charge in [0.15, 0.2) is 5.82 Å². The maximum atomic E-state index is 11.8. The van der Waals surface area contributed by atoms with Crippen molar-refractivity contribution < 1.29 is 22.8 Å². The van der Waals surface area contributed by atoms with E-state index in [1.54, 1.807) is 6.92 Å². The molecule has 2 rings (SSSR count). The summed E-state index contributed by atoms with van der Waals surface area (Å²) in [7, 11) is -3.83. The highest BCUT2D eigenvalue weighted by atomic mass is 32.2. The number of hydrogen-bond acceptors (Lipinski definition) is 6. The van der Waals surface area contributed by atoms with Crippen LogP contribution in [0.15, 0.2) is 21.7 Å². The molecule has 0 unspecified atom stereocenters. The number of H-pyrrole nitrogens is 1. The Balaban J connectivity index is 2.11. The molecule has 0 aliphatic rings. The van der Waals surface area contributed by atoms with Gasteiger partial charge >= 0.3 is 5.97 Å². The number of aromatic carboxylic acids is 1. The summed E-state index contributed by atoms with van der Waals surface area (Å²) >= 11 is 0. The van der Waals surface area contributed by atoms with Crippen LogP contribution in [-0.4, -0.2) is 34.6 Å². The molecular formula is C9H10N4O5S. The number of nitrogens with zero attached hydrogens (tertiary/aromatic N) is 2. The summed E-state index contributed by atoms with van der Waals surface area (Å²) < 4.78 is 30.6. The molecule has 2 aromatic heterocycles. The predicted molar refractivity (Wildman–Crippen MR) is 60.8 cm³/mol. The zero-order valence-electron chi connectivity index (χ0n) is 9.74. The van der Waals surface area contributed by atoms with Gasteiger partial charge in [-0.1, -0.05) is 5.16 Å². The molecule has 19 heavy (non-hydrogen) atoms. The van der Waals surface area contributed by atoms with Crippen molar-refractivity contribution in [2.45, 2.75) is 18.4 Å². The second-order valence-corrected chi connectivity index (χ2v) is 5.38. The Labute approximate surface area is 107 Å². The first kappa shape index (κ1) is 13.2. The smallest absolute Gasteiger partial charge is 0.352 e. The van der Waals surface area contributed by atoms with E-state index in [4.69, 9.17) is 9.63 Å². The number of carboxylic acid groups (broad SMARTS) is 1. The number of rotatable bonds is 5. The quantitative estimate of drug-likeness (QED) is 0.696. The van der Waals surface area contributed by atoms with Gasteiger partial charge in [0, 0.05) is 6.20 Å². The Kier molecular flexibility index (Phi) is 3.36. The number of hydrogen-bond donors (Lipinski definition) is 3. The molecule has 0 fully saturated rings. The van der Waals surface area contributed by atoms with Crippen molar-refractivity contribution in [2.75, 3.05) is 0 Å². The van der Waals surface area contributed by atoms with Gasteiger partial charge < -0.3 is 14.6 Å². The van der Waals surface area contributed by atoms with Gasteiger partial charge in [-0.3, -0.25) is 0 Å². The molecule has 0 saturated heterocycles. The molecule has 0 aromatic carbocycles. The lowest BCUT2D eigenvalue weighted by molar-refractivity contribution is 0.0691. The van der Waals surface area contributed by atoms with Crippen molar-refractivity contribution in [3.05, 3.63) is 29.7 Å². The average Bonchev–Trinajstić information content (AvgIpc) is 2.95. The van der Waals surface area contributed by atoms with Crippen LogP contribution >= 0.6 is 0 Å². The van der Waals surface area contributed by atoms with E-state index in [0.29, 0.717) is 5.82 Å². The minimum Gasteiger partial charge on any atom is -0.477 e. The number of aromatic nitrogens is 3. The number of carbonyl (C=O) groups is 1. The van der Waals surface area contributed by atoms with E-state index >= 15 is 0 Å². The third kappa shape index (κ3) is 2.98. The molecule has 0 aliphatic carbocycles. The van der Waals surface area contributed by atoms with Crippen LogP contribution in [0, 0.1) is 6.92 Å². The minimum absolute atomic E-state index is 0.120. The molecule has 0 atom stereocenters. The fourth-order valence-corrected chi connectivity index (χ4v) is 2.27. The van der Waals surface area contributed by atoms with E-state index in [9.17, 15) is 13.2 Å². The van der Waals surface area contributed by atoms with Crippen molar-refractivity contribution in [3.63, 3.8) is 0 Å². The van der Waals surface area contributed by atoms with Crippen molar-refractivity contribution in [2.24, 2.45) is 0 Å². The van der Waals surface area contributed by atoms with Gasteiger partial charge in [-0.2, -0.15) is 4.98 Å². The lowest BCUT2D eigenvalue weighted by Crippen LogP contribution is -2.23. The van der Waals surface area contributed by atoms with Crippen molar-refractivity contribution >= 4 is 16.0 Å². The summed E-state index contributed by atoms with van der Waals surface area (Å²) in [5.74, 6) is -0.729. The van der Waals surface area contributed by atoms with Crippen molar-refractivity contribution in [1.29, 1.82) is 0 Å². The monoisotopic (exact) mass is 286 g/mol. The van der Waals surface area contributed by atoms with E-state index in [1.807, 2.05) is 0 Å². The number of carboxylic acids is 1. The molecule has 0 spiro atoms. The third-order valence-corrected chi connectivity index (χ3v) is 3.56. The summed E-state index contributed by atoms with van der Waals surface area (Å²) in [5, 5.41) is 12.2. The van der Waals surface area contributed by atoms with Crippen molar-refractivity contribution in [1.82, 2.24) is 19.8 Å². The summed E-state index contributed by atoms with van der Waals surface area (Å²) in [6.07, 6.45) is 1.09. The molecule has 9 nitrogen and oxygen atoms in total. The molecule has 0 radical (unpaired) electrons. The summed E-state index contributed by atoms with van der Waals surface area (Å²) in [6, 6.07) is 1.02. The highest BCUT2D eigenvalue weighted by Gasteiger charge is 2.19. The number of sulfonamides is 1. The molecule has 3 N–H and O–H groups in total. The SMILES string of the molecule is Cc1noc(CNS(=O)(=O)c2c[nH]c(C(=O)O)c2)n1. The first-order chi connectivity index (χ1) is 8.88. The van der Waals surface area contributed by atoms with Crippen LogP contribution in [0.25, 0.3) is 0 Å². The number of aryl methyl sites for hydroxylation is 1. The Morgan fingerprint density at radius 3 is 2.84 bits per heavy atom. The Morgan fingerprint density at radius 2 is 2.32 bits per heavy atom. The summed E-state index contributed by atoms with van der Waals surface area (Å²) in [5.41, 5.74) is -0.214. The zero-order valence-corrected chi connectivity index (χ0v) is 10.6. The zero-order chi connectivity index (χ0) is 14.0. The van der Waals surface area contributed by atoms with E-state index in [1.165, 1.54) is 0 Å². The third-order valence-electron chi connectivity index (χ3n) is 2.18. The molecule has 102 valence electrons. The van der Waals surface area contributed by atoms with E-state index in [0.717, 1.165) is 12.3 Å². The first-order valence-electron chi connectivity index (χ1n) is 5.09. The predicted octanol–water partition coefficient (Wildman–Crippen LogP) is -0.117. The van der Waals surface area contributed by atoms with Crippen molar-refractivity contribution in [3.8, 4) is 0 Å². The fraction of sp³-hybridized carbons (Fsp3) is 0.222. The number of nitrogens with one attached hydrogen (secondary N) is 2. The van der Waals surface area contributed by atoms with E-state index in [2.05, 4.69) is 19.8 Å². The van der Waals surface area contributed by atoms with Gasteiger partial charge in [0.05, 0.1) is 6.54 Å². The topological polar surface area (TPSA) is 138 Å². The fourth-order valence-electron chi connectivity index (χ4n) is 1.31. The normalized spacial score (nSPS) is 11.6. The Bertz CT molecular complexity index is 702. The molecule has 0 bridgehead atoms. The highest BCUT2D eigenvalue weighted by molar-refractivity contribution is 7.89. The highest BCUT2D eigenvalue weighted by Crippen LogP contribution is 2.11. The second kappa shape index (κ2) is 4.82. The van der Waals surface area contributed by atoms with Crippen LogP contribution in [0.1, 0.15) is 22.2 Å². The minimum atomic E-state index is -3.83. The van der Waals surface area contributed by atoms with Crippen LogP contribution in [-0.2, 0) is 16.6 Å². The van der Waals surface area contributed by atoms with Gasteiger partial charge in [-0.05, 0) is 13.0 Å². The van der Waals surface area contributed by atoms with Gasteiger partial charge in [-0.25, -0.2) is 17.9 Å². The molecule has 2 heterocycles. The lowest BCUT2D eigenvalue weighted by atomic mass is 10.4. The molecule has 10 heteroatoms. The van der Waals surface area contributed by atoms with Gasteiger partial charge in [0.1, 0.15) is 10.6 Å². The summed E-state index contributed by atoms with van der Waals surface area (Å²) in [6.45, 7) is 1.43.